The van der Waals surface area contributed by atoms with Crippen LogP contribution in [-0.4, -0.2) is 17.4 Å². The Bertz CT molecular complexity index is 787. The molecule has 2 aromatic rings. The molecule has 0 spiro atoms. The monoisotopic (exact) mass is 301 g/mol. The van der Waals surface area contributed by atoms with Gasteiger partial charge in [0.1, 0.15) is 0 Å². The molecule has 0 bridgehead atoms. The highest BCUT2D eigenvalue weighted by molar-refractivity contribution is 6.31. The minimum Gasteiger partial charge on any atom is -0.329 e. The fourth-order valence-corrected chi connectivity index (χ4v) is 1.80. The number of aromatic nitrogens is 1. The number of nitrogens with two attached hydrogens (primary N) is 1. The Morgan fingerprint density at radius 3 is 2.86 bits per heavy atom. The third kappa shape index (κ3) is 3.96. The van der Waals surface area contributed by atoms with Gasteiger partial charge in [-0.25, -0.2) is 0 Å². The zero-order chi connectivity index (χ0) is 15.2. The number of carbonyl (C=O) groups is 1. The molecule has 0 fully saturated rings. The zero-order valence-electron chi connectivity index (χ0n) is 10.9. The number of H-pyrrole nitrogens is 1. The molecule has 106 valence electrons. The number of hydrogen-bond acceptors (Lipinski definition) is 3. The topological polar surface area (TPSA) is 88.0 Å². The number of hydrogen-bond donors (Lipinski definition) is 3. The number of halogens is 1. The predicted octanol–water partition coefficient (Wildman–Crippen LogP) is 1.59. The molecule has 6 heteroatoms. The number of carbonyl (C=O) groups excluding carboxylic acids is 1. The van der Waals surface area contributed by atoms with E-state index in [0.29, 0.717) is 16.3 Å². The van der Waals surface area contributed by atoms with Crippen molar-refractivity contribution in [2.45, 2.75) is 0 Å². The standard InChI is InChI=1S/C15H12ClN3O2/c16-13-4-3-12(8-10(13)2-1-6-17)19-15(21)11-5-7-18-14(20)9-11/h3-5,7-9H,6,17H2,(H,18,20)(H,19,21). The van der Waals surface area contributed by atoms with Crippen molar-refractivity contribution in [2.75, 3.05) is 11.9 Å². The van der Waals surface area contributed by atoms with Crippen molar-refractivity contribution in [1.29, 1.82) is 0 Å². The van der Waals surface area contributed by atoms with Gasteiger partial charge in [-0.15, -0.1) is 0 Å². The predicted molar refractivity (Wildman–Crippen MR) is 82.4 cm³/mol. The Morgan fingerprint density at radius 2 is 2.14 bits per heavy atom. The maximum absolute atomic E-state index is 12.0. The van der Waals surface area contributed by atoms with Crippen LogP contribution in [0.15, 0.2) is 41.3 Å². The summed E-state index contributed by atoms with van der Waals surface area (Å²) in [4.78, 5) is 25.7. The summed E-state index contributed by atoms with van der Waals surface area (Å²) in [5.74, 6) is 5.13. The SMILES string of the molecule is NCC#Cc1cc(NC(=O)c2cc[nH]c(=O)c2)ccc1Cl. The van der Waals surface area contributed by atoms with Gasteiger partial charge in [0, 0.05) is 29.1 Å². The highest BCUT2D eigenvalue weighted by Crippen LogP contribution is 2.20. The van der Waals surface area contributed by atoms with E-state index in [1.807, 2.05) is 0 Å². The molecular formula is C15H12ClN3O2. The highest BCUT2D eigenvalue weighted by Gasteiger charge is 2.07. The summed E-state index contributed by atoms with van der Waals surface area (Å²) < 4.78 is 0. The van der Waals surface area contributed by atoms with Crippen LogP contribution >= 0.6 is 11.6 Å². The Kier molecular flexibility index (Phi) is 4.77. The van der Waals surface area contributed by atoms with E-state index in [1.165, 1.54) is 18.3 Å². The van der Waals surface area contributed by atoms with Gasteiger partial charge in [-0.05, 0) is 24.3 Å². The summed E-state index contributed by atoms with van der Waals surface area (Å²) in [6.07, 6.45) is 1.41. The van der Waals surface area contributed by atoms with E-state index in [9.17, 15) is 9.59 Å². The third-order valence-electron chi connectivity index (χ3n) is 2.59. The second kappa shape index (κ2) is 6.75. The number of anilines is 1. The van der Waals surface area contributed by atoms with Crippen LogP contribution in [0.1, 0.15) is 15.9 Å². The van der Waals surface area contributed by atoms with Gasteiger partial charge in [-0.3, -0.25) is 9.59 Å². The highest BCUT2D eigenvalue weighted by atomic mass is 35.5. The van der Waals surface area contributed by atoms with Crippen molar-refractivity contribution in [3.63, 3.8) is 0 Å². The molecule has 0 atom stereocenters. The summed E-state index contributed by atoms with van der Waals surface area (Å²) in [7, 11) is 0. The smallest absolute Gasteiger partial charge is 0.255 e. The first-order valence-corrected chi connectivity index (χ1v) is 6.46. The molecule has 0 saturated heterocycles. The average molecular weight is 302 g/mol. The van der Waals surface area contributed by atoms with Crippen molar-refractivity contribution in [1.82, 2.24) is 4.98 Å². The van der Waals surface area contributed by atoms with E-state index in [-0.39, 0.29) is 23.6 Å². The van der Waals surface area contributed by atoms with Gasteiger partial charge in [-0.1, -0.05) is 23.4 Å². The Balaban J connectivity index is 2.23. The lowest BCUT2D eigenvalue weighted by atomic mass is 10.2. The average Bonchev–Trinajstić information content (AvgIpc) is 2.47. The maximum Gasteiger partial charge on any atom is 0.255 e. The van der Waals surface area contributed by atoms with Crippen LogP contribution < -0.4 is 16.6 Å². The van der Waals surface area contributed by atoms with Crippen LogP contribution in [0.3, 0.4) is 0 Å². The number of benzene rings is 1. The van der Waals surface area contributed by atoms with Crippen LogP contribution in [0.5, 0.6) is 0 Å². The molecule has 0 aliphatic carbocycles. The van der Waals surface area contributed by atoms with Crippen LogP contribution in [0.2, 0.25) is 5.02 Å². The van der Waals surface area contributed by atoms with E-state index < -0.39 is 0 Å². The third-order valence-corrected chi connectivity index (χ3v) is 2.92. The molecule has 0 unspecified atom stereocenters. The second-order valence-electron chi connectivity index (χ2n) is 4.10. The molecule has 4 N–H and O–H groups in total. The first-order valence-electron chi connectivity index (χ1n) is 6.09. The lowest BCUT2D eigenvalue weighted by Crippen LogP contribution is -2.15. The van der Waals surface area contributed by atoms with Gasteiger partial charge in [0.15, 0.2) is 0 Å². The first kappa shape index (κ1) is 14.9. The van der Waals surface area contributed by atoms with Crippen LogP contribution in [0.4, 0.5) is 5.69 Å². The molecule has 0 saturated carbocycles. The molecule has 5 nitrogen and oxygen atoms in total. The second-order valence-corrected chi connectivity index (χ2v) is 4.50. The number of aromatic amines is 1. The quantitative estimate of drug-likeness (QED) is 0.736. The summed E-state index contributed by atoms with van der Waals surface area (Å²) >= 11 is 6.00. The first-order chi connectivity index (χ1) is 10.1. The lowest BCUT2D eigenvalue weighted by Gasteiger charge is -2.06. The van der Waals surface area contributed by atoms with E-state index in [0.717, 1.165) is 0 Å². The maximum atomic E-state index is 12.0. The van der Waals surface area contributed by atoms with Crippen LogP contribution in [0.25, 0.3) is 0 Å². The van der Waals surface area contributed by atoms with Crippen LogP contribution in [0, 0.1) is 11.8 Å². The molecule has 0 radical (unpaired) electrons. The molecule has 2 rings (SSSR count). The largest absolute Gasteiger partial charge is 0.329 e. The number of pyridine rings is 1. The van der Waals surface area contributed by atoms with Gasteiger partial charge in [0.25, 0.3) is 5.91 Å². The van der Waals surface area contributed by atoms with Crippen LogP contribution in [-0.2, 0) is 0 Å². The lowest BCUT2D eigenvalue weighted by molar-refractivity contribution is 0.102. The minimum atomic E-state index is -0.388. The van der Waals surface area contributed by atoms with E-state index >= 15 is 0 Å². The van der Waals surface area contributed by atoms with Gasteiger partial charge in [0.2, 0.25) is 5.56 Å². The normalized spacial score (nSPS) is 9.62. The molecule has 0 aliphatic heterocycles. The number of amides is 1. The van der Waals surface area contributed by atoms with Gasteiger partial charge in [0.05, 0.1) is 11.6 Å². The van der Waals surface area contributed by atoms with E-state index in [4.69, 9.17) is 17.3 Å². The summed E-state index contributed by atoms with van der Waals surface area (Å²) in [6, 6.07) is 7.68. The zero-order valence-corrected chi connectivity index (χ0v) is 11.7. The Labute approximate surface area is 126 Å². The summed E-state index contributed by atoms with van der Waals surface area (Å²) in [5, 5.41) is 3.16. The molecular weight excluding hydrogens is 290 g/mol. The molecule has 1 amide bonds. The van der Waals surface area contributed by atoms with Crippen molar-refractivity contribution < 1.29 is 4.79 Å². The van der Waals surface area contributed by atoms with Gasteiger partial charge in [-0.2, -0.15) is 0 Å². The fraction of sp³-hybridized carbons (Fsp3) is 0.0667. The van der Waals surface area contributed by atoms with Gasteiger partial charge >= 0.3 is 0 Å². The molecule has 1 heterocycles. The summed E-state index contributed by atoms with van der Waals surface area (Å²) in [5.41, 5.74) is 6.35. The van der Waals surface area contributed by atoms with Crippen molar-refractivity contribution in [3.05, 3.63) is 63.0 Å². The van der Waals surface area contributed by atoms with E-state index in [1.54, 1.807) is 18.2 Å². The number of nitrogens with one attached hydrogen (secondary N) is 2. The van der Waals surface area contributed by atoms with Gasteiger partial charge < -0.3 is 16.0 Å². The Morgan fingerprint density at radius 1 is 1.33 bits per heavy atom. The minimum absolute atomic E-state index is 0.222. The molecule has 1 aromatic carbocycles. The van der Waals surface area contributed by atoms with E-state index in [2.05, 4.69) is 22.1 Å². The number of rotatable bonds is 2. The summed E-state index contributed by atoms with van der Waals surface area (Å²) in [6.45, 7) is 0.222. The molecule has 1 aromatic heterocycles. The molecule has 21 heavy (non-hydrogen) atoms. The Hall–Kier alpha value is -2.55. The van der Waals surface area contributed by atoms with Crippen molar-refractivity contribution >= 4 is 23.2 Å². The van der Waals surface area contributed by atoms with Crippen molar-refractivity contribution in [3.8, 4) is 11.8 Å². The fourth-order valence-electron chi connectivity index (χ4n) is 1.63. The molecule has 0 aliphatic rings. The van der Waals surface area contributed by atoms with Crippen molar-refractivity contribution in [2.24, 2.45) is 5.73 Å².